The van der Waals surface area contributed by atoms with Crippen LogP contribution in [0.1, 0.15) is 16.7 Å². The second-order valence-corrected chi connectivity index (χ2v) is 6.77. The maximum Gasteiger partial charge on any atom is 0.208 e. The number of nitrogens with zero attached hydrogens (tertiary/aromatic N) is 3. The Kier molecular flexibility index (Phi) is 4.61. The van der Waals surface area contributed by atoms with Crippen molar-refractivity contribution in [1.29, 1.82) is 5.41 Å². The SMILES string of the molecule is Cc1cc(C(=N)N)ccc1CSc1nnc(N(C)C)s1. The van der Waals surface area contributed by atoms with Gasteiger partial charge < -0.3 is 10.6 Å². The molecular weight excluding hydrogens is 290 g/mol. The number of aromatic nitrogens is 2. The molecule has 3 N–H and O–H groups in total. The summed E-state index contributed by atoms with van der Waals surface area (Å²) in [6.07, 6.45) is 0. The first-order chi connectivity index (χ1) is 9.47. The summed E-state index contributed by atoms with van der Waals surface area (Å²) >= 11 is 3.26. The van der Waals surface area contributed by atoms with Crippen molar-refractivity contribution in [1.82, 2.24) is 10.2 Å². The summed E-state index contributed by atoms with van der Waals surface area (Å²) in [7, 11) is 3.92. The summed E-state index contributed by atoms with van der Waals surface area (Å²) in [6, 6.07) is 5.85. The molecule has 0 radical (unpaired) electrons. The Morgan fingerprint density at radius 3 is 2.70 bits per heavy atom. The minimum Gasteiger partial charge on any atom is -0.384 e. The molecule has 0 aliphatic heterocycles. The molecule has 0 atom stereocenters. The predicted molar refractivity (Wildman–Crippen MR) is 86.0 cm³/mol. The second-order valence-electron chi connectivity index (χ2n) is 4.59. The van der Waals surface area contributed by atoms with E-state index in [0.717, 1.165) is 26.4 Å². The normalized spacial score (nSPS) is 10.6. The molecular formula is C13H17N5S2. The summed E-state index contributed by atoms with van der Waals surface area (Å²) in [5.74, 6) is 0.943. The first-order valence-corrected chi connectivity index (χ1v) is 7.85. The smallest absolute Gasteiger partial charge is 0.208 e. The van der Waals surface area contributed by atoms with Crippen LogP contribution in [0.25, 0.3) is 0 Å². The highest BCUT2D eigenvalue weighted by molar-refractivity contribution is 8.00. The summed E-state index contributed by atoms with van der Waals surface area (Å²) in [5, 5.41) is 16.6. The van der Waals surface area contributed by atoms with Gasteiger partial charge in [0.25, 0.3) is 0 Å². The van der Waals surface area contributed by atoms with Crippen LogP contribution in [-0.2, 0) is 5.75 Å². The van der Waals surface area contributed by atoms with E-state index in [0.29, 0.717) is 0 Å². The lowest BCUT2D eigenvalue weighted by atomic mass is 10.1. The standard InChI is InChI=1S/C13H17N5S2/c1-8-6-9(11(14)15)4-5-10(8)7-19-13-17-16-12(20-13)18(2)3/h4-6H,7H2,1-3H3,(H3,14,15). The first kappa shape index (κ1) is 14.8. The molecule has 0 amide bonds. The van der Waals surface area contributed by atoms with Crippen molar-refractivity contribution in [3.63, 3.8) is 0 Å². The third-order valence-corrected chi connectivity index (χ3v) is 5.06. The fourth-order valence-electron chi connectivity index (χ4n) is 1.61. The van der Waals surface area contributed by atoms with Crippen molar-refractivity contribution in [3.8, 4) is 0 Å². The molecule has 0 saturated carbocycles. The topological polar surface area (TPSA) is 78.9 Å². The molecule has 1 aromatic carbocycles. The van der Waals surface area contributed by atoms with E-state index >= 15 is 0 Å². The van der Waals surface area contributed by atoms with Gasteiger partial charge in [-0.05, 0) is 24.1 Å². The van der Waals surface area contributed by atoms with Crippen LogP contribution in [0.2, 0.25) is 0 Å². The van der Waals surface area contributed by atoms with Gasteiger partial charge in [-0.2, -0.15) is 0 Å². The van der Waals surface area contributed by atoms with Gasteiger partial charge in [-0.3, -0.25) is 5.41 Å². The monoisotopic (exact) mass is 307 g/mol. The fourth-order valence-corrected chi connectivity index (χ4v) is 3.45. The lowest BCUT2D eigenvalue weighted by Gasteiger charge is -2.06. The number of thioether (sulfide) groups is 1. The Balaban J connectivity index is 2.05. The van der Waals surface area contributed by atoms with Crippen LogP contribution in [0.5, 0.6) is 0 Å². The molecule has 5 nitrogen and oxygen atoms in total. The molecule has 2 rings (SSSR count). The van der Waals surface area contributed by atoms with Crippen LogP contribution in [0, 0.1) is 12.3 Å². The lowest BCUT2D eigenvalue weighted by molar-refractivity contribution is 0.972. The Labute approximate surface area is 126 Å². The zero-order chi connectivity index (χ0) is 14.7. The van der Waals surface area contributed by atoms with Gasteiger partial charge in [0.15, 0.2) is 4.34 Å². The number of hydrogen-bond acceptors (Lipinski definition) is 6. The minimum absolute atomic E-state index is 0.104. The summed E-state index contributed by atoms with van der Waals surface area (Å²) in [4.78, 5) is 1.95. The van der Waals surface area contributed by atoms with Crippen molar-refractivity contribution >= 4 is 34.1 Å². The van der Waals surface area contributed by atoms with Crippen molar-refractivity contribution in [2.45, 2.75) is 17.0 Å². The number of benzene rings is 1. The molecule has 7 heteroatoms. The molecule has 0 aliphatic rings. The van der Waals surface area contributed by atoms with E-state index in [1.807, 2.05) is 44.1 Å². The molecule has 0 aliphatic carbocycles. The predicted octanol–water partition coefficient (Wildman–Crippen LogP) is 2.49. The molecule has 20 heavy (non-hydrogen) atoms. The van der Waals surface area contributed by atoms with Gasteiger partial charge in [0.2, 0.25) is 5.13 Å². The van der Waals surface area contributed by atoms with Crippen LogP contribution in [0.15, 0.2) is 22.5 Å². The van der Waals surface area contributed by atoms with Gasteiger partial charge in [0.05, 0.1) is 0 Å². The van der Waals surface area contributed by atoms with Crippen molar-refractivity contribution in [2.24, 2.45) is 5.73 Å². The Hall–Kier alpha value is -1.60. The Bertz CT molecular complexity index is 621. The maximum atomic E-state index is 7.43. The van der Waals surface area contributed by atoms with Gasteiger partial charge in [-0.25, -0.2) is 0 Å². The fraction of sp³-hybridized carbons (Fsp3) is 0.308. The Morgan fingerprint density at radius 2 is 2.15 bits per heavy atom. The molecule has 2 aromatic rings. The van der Waals surface area contributed by atoms with E-state index in [-0.39, 0.29) is 5.84 Å². The first-order valence-electron chi connectivity index (χ1n) is 6.05. The van der Waals surface area contributed by atoms with E-state index in [9.17, 15) is 0 Å². The average Bonchev–Trinajstić information content (AvgIpc) is 2.86. The second kappa shape index (κ2) is 6.23. The molecule has 1 aromatic heterocycles. The number of hydrogen-bond donors (Lipinski definition) is 2. The molecule has 106 valence electrons. The van der Waals surface area contributed by atoms with Crippen molar-refractivity contribution in [2.75, 3.05) is 19.0 Å². The van der Waals surface area contributed by atoms with Gasteiger partial charge in [-0.15, -0.1) is 10.2 Å². The van der Waals surface area contributed by atoms with Crippen molar-refractivity contribution in [3.05, 3.63) is 34.9 Å². The number of nitrogens with one attached hydrogen (secondary N) is 1. The minimum atomic E-state index is 0.104. The van der Waals surface area contributed by atoms with Crippen LogP contribution < -0.4 is 10.6 Å². The highest BCUT2D eigenvalue weighted by atomic mass is 32.2. The lowest BCUT2D eigenvalue weighted by Crippen LogP contribution is -2.11. The van der Waals surface area contributed by atoms with Crippen LogP contribution >= 0.6 is 23.1 Å². The highest BCUT2D eigenvalue weighted by Gasteiger charge is 2.08. The van der Waals surface area contributed by atoms with Crippen molar-refractivity contribution < 1.29 is 0 Å². The Morgan fingerprint density at radius 1 is 1.40 bits per heavy atom. The van der Waals surface area contributed by atoms with Gasteiger partial charge in [-0.1, -0.05) is 35.2 Å². The van der Waals surface area contributed by atoms with Gasteiger partial charge >= 0.3 is 0 Å². The van der Waals surface area contributed by atoms with Crippen LogP contribution in [0.3, 0.4) is 0 Å². The average molecular weight is 307 g/mol. The summed E-state index contributed by atoms with van der Waals surface area (Å²) in [5.41, 5.74) is 8.62. The van der Waals surface area contributed by atoms with Gasteiger partial charge in [0, 0.05) is 25.4 Å². The van der Waals surface area contributed by atoms with Crippen LogP contribution in [0.4, 0.5) is 5.13 Å². The molecule has 0 bridgehead atoms. The molecule has 0 saturated heterocycles. The summed E-state index contributed by atoms with van der Waals surface area (Å²) in [6.45, 7) is 2.04. The zero-order valence-electron chi connectivity index (χ0n) is 11.7. The molecule has 0 unspecified atom stereocenters. The number of nitrogen functional groups attached to an aromatic ring is 1. The summed E-state index contributed by atoms with van der Waals surface area (Å²) < 4.78 is 0.962. The van der Waals surface area contributed by atoms with E-state index in [1.54, 1.807) is 23.1 Å². The van der Waals surface area contributed by atoms with Crippen LogP contribution in [-0.4, -0.2) is 30.1 Å². The number of amidine groups is 1. The quantitative estimate of drug-likeness (QED) is 0.504. The molecule has 0 fully saturated rings. The highest BCUT2D eigenvalue weighted by Crippen LogP contribution is 2.30. The number of nitrogens with two attached hydrogens (primary N) is 1. The molecule has 1 heterocycles. The zero-order valence-corrected chi connectivity index (χ0v) is 13.3. The number of aryl methyl sites for hydroxylation is 1. The number of rotatable bonds is 5. The van der Waals surface area contributed by atoms with E-state index in [1.165, 1.54) is 5.56 Å². The third-order valence-electron chi connectivity index (χ3n) is 2.78. The van der Waals surface area contributed by atoms with E-state index in [2.05, 4.69) is 10.2 Å². The van der Waals surface area contributed by atoms with Gasteiger partial charge in [0.1, 0.15) is 5.84 Å². The van der Waals surface area contributed by atoms with E-state index in [4.69, 9.17) is 11.1 Å². The third kappa shape index (κ3) is 3.49. The molecule has 0 spiro atoms. The number of anilines is 1. The van der Waals surface area contributed by atoms with E-state index < -0.39 is 0 Å². The maximum absolute atomic E-state index is 7.43. The largest absolute Gasteiger partial charge is 0.384 e.